The largest absolute Gasteiger partial charge is 0.462 e. The third-order valence-corrected chi connectivity index (χ3v) is 4.11. The van der Waals surface area contributed by atoms with Gasteiger partial charge in [-0.05, 0) is 42.8 Å². The summed E-state index contributed by atoms with van der Waals surface area (Å²) in [6.07, 6.45) is 0.216. The maximum absolute atomic E-state index is 11.9. The summed E-state index contributed by atoms with van der Waals surface area (Å²) in [5.41, 5.74) is 5.57. The van der Waals surface area contributed by atoms with Crippen LogP contribution in [0.2, 0.25) is 0 Å². The number of hydrazine groups is 1. The first-order valence-electron chi connectivity index (χ1n) is 10.3. The molecule has 0 unspecified atom stereocenters. The van der Waals surface area contributed by atoms with Gasteiger partial charge in [0.15, 0.2) is 6.61 Å². The molecule has 0 aromatic heterocycles. The van der Waals surface area contributed by atoms with Crippen LogP contribution in [0, 0.1) is 0 Å². The molecule has 10 heteroatoms. The average molecular weight is 455 g/mol. The molecule has 3 N–H and O–H groups in total. The van der Waals surface area contributed by atoms with E-state index in [0.717, 1.165) is 0 Å². The molecule has 0 saturated heterocycles. The van der Waals surface area contributed by atoms with Gasteiger partial charge < -0.3 is 14.8 Å². The Kier molecular flexibility index (Phi) is 10.1. The Hall–Kier alpha value is -4.21. The van der Waals surface area contributed by atoms with Crippen LogP contribution < -0.4 is 16.2 Å². The van der Waals surface area contributed by atoms with E-state index in [1.807, 2.05) is 6.92 Å². The second-order valence-electron chi connectivity index (χ2n) is 6.79. The molecule has 0 bridgehead atoms. The van der Waals surface area contributed by atoms with Crippen LogP contribution in [0.25, 0.3) is 0 Å². The molecule has 0 heterocycles. The van der Waals surface area contributed by atoms with E-state index in [9.17, 15) is 24.0 Å². The molecule has 2 rings (SSSR count). The molecule has 174 valence electrons. The number of carbonyl (C=O) groups is 5. The number of benzene rings is 2. The zero-order chi connectivity index (χ0) is 24.1. The van der Waals surface area contributed by atoms with Gasteiger partial charge in [0.05, 0.1) is 18.6 Å². The Morgan fingerprint density at radius 3 is 2.12 bits per heavy atom. The van der Waals surface area contributed by atoms with Crippen molar-refractivity contribution in [1.29, 1.82) is 0 Å². The van der Waals surface area contributed by atoms with E-state index in [1.165, 1.54) is 24.3 Å². The Bertz CT molecular complexity index is 975. The van der Waals surface area contributed by atoms with E-state index in [0.29, 0.717) is 29.8 Å². The molecule has 0 atom stereocenters. The normalized spacial score (nSPS) is 9.97. The van der Waals surface area contributed by atoms with Gasteiger partial charge in [-0.1, -0.05) is 25.1 Å². The maximum atomic E-state index is 11.9. The summed E-state index contributed by atoms with van der Waals surface area (Å²) in [5, 5.41) is 2.52. The maximum Gasteiger partial charge on any atom is 0.338 e. The third kappa shape index (κ3) is 9.21. The van der Waals surface area contributed by atoms with Crippen molar-refractivity contribution in [3.8, 4) is 0 Å². The molecule has 0 radical (unpaired) electrons. The second kappa shape index (κ2) is 13.3. The predicted octanol–water partition coefficient (Wildman–Crippen LogP) is 1.98. The summed E-state index contributed by atoms with van der Waals surface area (Å²) in [6, 6.07) is 14.4. The van der Waals surface area contributed by atoms with Gasteiger partial charge in [-0.2, -0.15) is 0 Å². The Morgan fingerprint density at radius 1 is 0.758 bits per heavy atom. The standard InChI is InChI=1S/C23H25N3O7/c1-2-14-32-23(31)17-8-10-18(11-9-17)24-20(28)15-33-21(29)13-12-19(27)25-26-22(30)16-6-4-3-5-7-16/h3-11H,2,12-15H2,1H3,(H,24,28)(H,25,27)(H,26,30). The van der Waals surface area contributed by atoms with E-state index in [4.69, 9.17) is 9.47 Å². The third-order valence-electron chi connectivity index (χ3n) is 4.11. The predicted molar refractivity (Wildman–Crippen MR) is 118 cm³/mol. The van der Waals surface area contributed by atoms with Crippen molar-refractivity contribution in [2.45, 2.75) is 26.2 Å². The van der Waals surface area contributed by atoms with Gasteiger partial charge in [0.2, 0.25) is 5.91 Å². The smallest absolute Gasteiger partial charge is 0.338 e. The number of ether oxygens (including phenoxy) is 2. The highest BCUT2D eigenvalue weighted by Gasteiger charge is 2.12. The molecule has 10 nitrogen and oxygen atoms in total. The fraction of sp³-hybridized carbons (Fsp3) is 0.261. The first-order valence-corrected chi connectivity index (χ1v) is 10.3. The van der Waals surface area contributed by atoms with Crippen LogP contribution in [-0.2, 0) is 23.9 Å². The van der Waals surface area contributed by atoms with Crippen LogP contribution >= 0.6 is 0 Å². The number of hydrogen-bond acceptors (Lipinski definition) is 7. The van der Waals surface area contributed by atoms with Gasteiger partial charge in [-0.3, -0.25) is 30.0 Å². The van der Waals surface area contributed by atoms with Crippen molar-refractivity contribution in [1.82, 2.24) is 10.9 Å². The molecule has 0 aliphatic carbocycles. The molecule has 33 heavy (non-hydrogen) atoms. The van der Waals surface area contributed by atoms with E-state index in [-0.39, 0.29) is 12.8 Å². The number of rotatable bonds is 10. The summed E-state index contributed by atoms with van der Waals surface area (Å²) >= 11 is 0. The minimum Gasteiger partial charge on any atom is -0.462 e. The average Bonchev–Trinajstić information content (AvgIpc) is 2.84. The van der Waals surface area contributed by atoms with Crippen molar-refractivity contribution in [2.75, 3.05) is 18.5 Å². The lowest BCUT2D eigenvalue weighted by molar-refractivity contribution is -0.148. The molecule has 2 aromatic carbocycles. The van der Waals surface area contributed by atoms with Crippen molar-refractivity contribution in [2.24, 2.45) is 0 Å². The number of esters is 2. The first-order chi connectivity index (χ1) is 15.9. The topological polar surface area (TPSA) is 140 Å². The van der Waals surface area contributed by atoms with E-state index >= 15 is 0 Å². The van der Waals surface area contributed by atoms with Gasteiger partial charge >= 0.3 is 11.9 Å². The molecule has 3 amide bonds. The van der Waals surface area contributed by atoms with E-state index in [2.05, 4.69) is 16.2 Å². The highest BCUT2D eigenvalue weighted by Crippen LogP contribution is 2.11. The van der Waals surface area contributed by atoms with Crippen LogP contribution in [0.15, 0.2) is 54.6 Å². The number of anilines is 1. The lowest BCUT2D eigenvalue weighted by Crippen LogP contribution is -2.41. The minimum atomic E-state index is -0.747. The number of amides is 3. The van der Waals surface area contributed by atoms with Gasteiger partial charge in [0, 0.05) is 17.7 Å². The fourth-order valence-corrected chi connectivity index (χ4v) is 2.45. The number of carbonyl (C=O) groups excluding carboxylic acids is 5. The second-order valence-corrected chi connectivity index (χ2v) is 6.79. The van der Waals surface area contributed by atoms with Crippen molar-refractivity contribution in [3.05, 3.63) is 65.7 Å². The highest BCUT2D eigenvalue weighted by molar-refractivity contribution is 5.96. The number of nitrogens with one attached hydrogen (secondary N) is 3. The van der Waals surface area contributed by atoms with E-state index < -0.39 is 36.3 Å². The first kappa shape index (κ1) is 25.1. The van der Waals surface area contributed by atoms with Crippen molar-refractivity contribution < 1.29 is 33.4 Å². The minimum absolute atomic E-state index is 0.231. The molecule has 0 fully saturated rings. The molecule has 0 saturated carbocycles. The molecule has 0 spiro atoms. The van der Waals surface area contributed by atoms with Crippen LogP contribution in [0.3, 0.4) is 0 Å². The van der Waals surface area contributed by atoms with Gasteiger partial charge in [0.25, 0.3) is 11.8 Å². The van der Waals surface area contributed by atoms with Crippen molar-refractivity contribution >= 4 is 35.3 Å². The monoisotopic (exact) mass is 455 g/mol. The van der Waals surface area contributed by atoms with Crippen LogP contribution in [-0.4, -0.2) is 42.9 Å². The zero-order valence-corrected chi connectivity index (χ0v) is 18.1. The van der Waals surface area contributed by atoms with Crippen molar-refractivity contribution in [3.63, 3.8) is 0 Å². The van der Waals surface area contributed by atoms with Crippen LogP contribution in [0.1, 0.15) is 46.9 Å². The molecule has 0 aliphatic rings. The summed E-state index contributed by atoms with van der Waals surface area (Å²) in [5.74, 6) is -2.85. The molecular formula is C23H25N3O7. The zero-order valence-electron chi connectivity index (χ0n) is 18.1. The molecule has 0 aliphatic heterocycles. The van der Waals surface area contributed by atoms with Crippen LogP contribution in [0.4, 0.5) is 5.69 Å². The fourth-order valence-electron chi connectivity index (χ4n) is 2.45. The number of hydrogen-bond donors (Lipinski definition) is 3. The summed E-state index contributed by atoms with van der Waals surface area (Å²) in [4.78, 5) is 59.0. The SMILES string of the molecule is CCCOC(=O)c1ccc(NC(=O)COC(=O)CCC(=O)NNC(=O)c2ccccc2)cc1. The summed E-state index contributed by atoms with van der Waals surface area (Å²) in [7, 11) is 0. The molecule has 2 aromatic rings. The Balaban J connectivity index is 1.64. The lowest BCUT2D eigenvalue weighted by Gasteiger charge is -2.08. The molecular weight excluding hydrogens is 430 g/mol. The van der Waals surface area contributed by atoms with Gasteiger partial charge in [0.1, 0.15) is 0 Å². The summed E-state index contributed by atoms with van der Waals surface area (Å²) in [6.45, 7) is 1.68. The Labute approximate surface area is 190 Å². The summed E-state index contributed by atoms with van der Waals surface area (Å²) < 4.78 is 9.85. The lowest BCUT2D eigenvalue weighted by atomic mass is 10.2. The Morgan fingerprint density at radius 2 is 1.45 bits per heavy atom. The van der Waals surface area contributed by atoms with E-state index in [1.54, 1.807) is 30.3 Å². The highest BCUT2D eigenvalue weighted by atomic mass is 16.5. The van der Waals surface area contributed by atoms with Crippen LogP contribution in [0.5, 0.6) is 0 Å². The van der Waals surface area contributed by atoms with Gasteiger partial charge in [-0.25, -0.2) is 4.79 Å². The van der Waals surface area contributed by atoms with Gasteiger partial charge in [-0.15, -0.1) is 0 Å². The quantitative estimate of drug-likeness (QED) is 0.368.